The maximum Gasteiger partial charge on any atom is 0.307 e. The molecule has 1 saturated carbocycles. The molecule has 1 aliphatic rings. The molecular weight excluding hydrogens is 260 g/mol. The highest BCUT2D eigenvalue weighted by molar-refractivity contribution is 5.85. The second-order valence-electron chi connectivity index (χ2n) is 5.44. The molecule has 0 bridgehead atoms. The number of amides is 1. The second kappa shape index (κ2) is 6.07. The summed E-state index contributed by atoms with van der Waals surface area (Å²) in [7, 11) is 0. The van der Waals surface area contributed by atoms with Crippen molar-refractivity contribution < 1.29 is 19.2 Å². The summed E-state index contributed by atoms with van der Waals surface area (Å²) in [5.41, 5.74) is 0.646. The standard InChI is InChI=1S/C14H20N2O4/c1-3-9-5-11(12(6-9)14(18)19)13(17)15-7-10-4-8(2)20-16-10/h4,9,11-12H,3,5-7H2,1-2H3,(H,15,17)(H,18,19). The van der Waals surface area contributed by atoms with Gasteiger partial charge >= 0.3 is 5.97 Å². The Hall–Kier alpha value is -1.85. The van der Waals surface area contributed by atoms with Gasteiger partial charge in [-0.2, -0.15) is 0 Å². The highest BCUT2D eigenvalue weighted by atomic mass is 16.5. The lowest BCUT2D eigenvalue weighted by molar-refractivity contribution is -0.146. The highest BCUT2D eigenvalue weighted by Crippen LogP contribution is 2.38. The van der Waals surface area contributed by atoms with Crippen LogP contribution in [0.1, 0.15) is 37.6 Å². The van der Waals surface area contributed by atoms with E-state index < -0.39 is 17.8 Å². The predicted molar refractivity (Wildman–Crippen MR) is 70.7 cm³/mol. The zero-order valence-electron chi connectivity index (χ0n) is 11.8. The highest BCUT2D eigenvalue weighted by Gasteiger charge is 2.41. The smallest absolute Gasteiger partial charge is 0.307 e. The van der Waals surface area contributed by atoms with E-state index in [0.29, 0.717) is 30.2 Å². The lowest BCUT2D eigenvalue weighted by Crippen LogP contribution is -2.35. The monoisotopic (exact) mass is 280 g/mol. The molecule has 2 N–H and O–H groups in total. The van der Waals surface area contributed by atoms with Gasteiger partial charge in [0.1, 0.15) is 11.5 Å². The van der Waals surface area contributed by atoms with Crippen molar-refractivity contribution in [3.8, 4) is 0 Å². The van der Waals surface area contributed by atoms with E-state index in [2.05, 4.69) is 10.5 Å². The van der Waals surface area contributed by atoms with Crippen molar-refractivity contribution in [3.05, 3.63) is 17.5 Å². The fraction of sp³-hybridized carbons (Fsp3) is 0.643. The molecule has 6 heteroatoms. The Bertz CT molecular complexity index is 497. The normalized spacial score (nSPS) is 25.6. The molecule has 1 heterocycles. The van der Waals surface area contributed by atoms with Crippen molar-refractivity contribution >= 4 is 11.9 Å². The van der Waals surface area contributed by atoms with E-state index in [0.717, 1.165) is 6.42 Å². The van der Waals surface area contributed by atoms with E-state index >= 15 is 0 Å². The van der Waals surface area contributed by atoms with Gasteiger partial charge in [-0.15, -0.1) is 0 Å². The number of carbonyl (C=O) groups is 2. The first kappa shape index (κ1) is 14.6. The number of carbonyl (C=O) groups excluding carboxylic acids is 1. The van der Waals surface area contributed by atoms with Gasteiger partial charge in [0.25, 0.3) is 0 Å². The largest absolute Gasteiger partial charge is 0.481 e. The SMILES string of the molecule is CCC1CC(C(=O)O)C(C(=O)NCc2cc(C)on2)C1. The van der Waals surface area contributed by atoms with Gasteiger partial charge in [0.05, 0.1) is 18.4 Å². The number of aromatic nitrogens is 1. The molecule has 1 aromatic rings. The van der Waals surface area contributed by atoms with Gasteiger partial charge in [0.15, 0.2) is 0 Å². The van der Waals surface area contributed by atoms with Gasteiger partial charge < -0.3 is 14.9 Å². The molecular formula is C14H20N2O4. The minimum atomic E-state index is -0.876. The third-order valence-electron chi connectivity index (χ3n) is 4.01. The summed E-state index contributed by atoms with van der Waals surface area (Å²) < 4.78 is 4.92. The van der Waals surface area contributed by atoms with Crippen LogP contribution >= 0.6 is 0 Å². The van der Waals surface area contributed by atoms with E-state index in [4.69, 9.17) is 4.52 Å². The molecule has 3 unspecified atom stereocenters. The minimum Gasteiger partial charge on any atom is -0.481 e. The first-order valence-electron chi connectivity index (χ1n) is 6.94. The molecule has 3 atom stereocenters. The van der Waals surface area contributed by atoms with Gasteiger partial charge in [-0.05, 0) is 25.7 Å². The molecule has 0 radical (unpaired) electrons. The van der Waals surface area contributed by atoms with Crippen LogP contribution in [0.3, 0.4) is 0 Å². The molecule has 0 spiro atoms. The third-order valence-corrected chi connectivity index (χ3v) is 4.01. The summed E-state index contributed by atoms with van der Waals surface area (Å²) in [5.74, 6) is -1.08. The zero-order chi connectivity index (χ0) is 14.7. The summed E-state index contributed by atoms with van der Waals surface area (Å²) in [4.78, 5) is 23.4. The number of nitrogens with zero attached hydrogens (tertiary/aromatic N) is 1. The average molecular weight is 280 g/mol. The quantitative estimate of drug-likeness (QED) is 0.857. The van der Waals surface area contributed by atoms with Gasteiger partial charge in [-0.3, -0.25) is 9.59 Å². The molecule has 1 fully saturated rings. The first-order valence-corrected chi connectivity index (χ1v) is 6.94. The molecule has 1 aromatic heterocycles. The van der Waals surface area contributed by atoms with Crippen LogP contribution in [0, 0.1) is 24.7 Å². The van der Waals surface area contributed by atoms with Gasteiger partial charge in [-0.1, -0.05) is 18.5 Å². The molecule has 0 saturated heterocycles. The van der Waals surface area contributed by atoms with E-state index in [1.807, 2.05) is 6.92 Å². The first-order chi connectivity index (χ1) is 9.51. The number of carboxylic acids is 1. The van der Waals surface area contributed by atoms with Crippen LogP contribution in [0.25, 0.3) is 0 Å². The number of rotatable bonds is 5. The molecule has 1 amide bonds. The molecule has 110 valence electrons. The van der Waals surface area contributed by atoms with Crippen LogP contribution < -0.4 is 5.32 Å². The second-order valence-corrected chi connectivity index (χ2v) is 5.44. The third kappa shape index (κ3) is 3.18. The lowest BCUT2D eigenvalue weighted by atomic mass is 9.95. The van der Waals surface area contributed by atoms with Crippen molar-refractivity contribution in [1.82, 2.24) is 10.5 Å². The number of hydrogen-bond donors (Lipinski definition) is 2. The van der Waals surface area contributed by atoms with E-state index in [-0.39, 0.29) is 12.5 Å². The Balaban J connectivity index is 1.95. The van der Waals surface area contributed by atoms with Gasteiger partial charge in [0.2, 0.25) is 5.91 Å². The minimum absolute atomic E-state index is 0.200. The van der Waals surface area contributed by atoms with E-state index in [9.17, 15) is 14.7 Å². The Kier molecular flexibility index (Phi) is 4.42. The number of carboxylic acid groups (broad SMARTS) is 1. The average Bonchev–Trinajstić information content (AvgIpc) is 3.02. The summed E-state index contributed by atoms with van der Waals surface area (Å²) in [5, 5.41) is 15.8. The van der Waals surface area contributed by atoms with Crippen LogP contribution in [0.15, 0.2) is 10.6 Å². The molecule has 0 aliphatic heterocycles. The number of aryl methyl sites for hydroxylation is 1. The van der Waals surface area contributed by atoms with Crippen LogP contribution in [0.4, 0.5) is 0 Å². The fourth-order valence-corrected chi connectivity index (χ4v) is 2.85. The zero-order valence-corrected chi connectivity index (χ0v) is 11.8. The van der Waals surface area contributed by atoms with Crippen molar-refractivity contribution in [2.75, 3.05) is 0 Å². The maximum absolute atomic E-state index is 12.2. The Morgan fingerprint density at radius 2 is 2.15 bits per heavy atom. The van der Waals surface area contributed by atoms with Crippen LogP contribution in [0.5, 0.6) is 0 Å². The Morgan fingerprint density at radius 1 is 1.45 bits per heavy atom. The summed E-state index contributed by atoms with van der Waals surface area (Å²) in [6, 6.07) is 1.75. The van der Waals surface area contributed by atoms with Crippen molar-refractivity contribution in [2.24, 2.45) is 17.8 Å². The Labute approximate surface area is 117 Å². The number of aliphatic carboxylic acids is 1. The van der Waals surface area contributed by atoms with Crippen molar-refractivity contribution in [1.29, 1.82) is 0 Å². The molecule has 2 rings (SSSR count). The van der Waals surface area contributed by atoms with Crippen LogP contribution in [0.2, 0.25) is 0 Å². The van der Waals surface area contributed by atoms with E-state index in [1.165, 1.54) is 0 Å². The van der Waals surface area contributed by atoms with Crippen molar-refractivity contribution in [2.45, 2.75) is 39.7 Å². The Morgan fingerprint density at radius 3 is 2.70 bits per heavy atom. The topological polar surface area (TPSA) is 92.4 Å². The van der Waals surface area contributed by atoms with Crippen molar-refractivity contribution in [3.63, 3.8) is 0 Å². The molecule has 0 aromatic carbocycles. The van der Waals surface area contributed by atoms with Gasteiger partial charge in [0, 0.05) is 6.07 Å². The number of hydrogen-bond acceptors (Lipinski definition) is 4. The fourth-order valence-electron chi connectivity index (χ4n) is 2.85. The maximum atomic E-state index is 12.2. The summed E-state index contributed by atoms with van der Waals surface area (Å²) in [6.45, 7) is 4.08. The van der Waals surface area contributed by atoms with E-state index in [1.54, 1.807) is 13.0 Å². The molecule has 1 aliphatic carbocycles. The summed E-state index contributed by atoms with van der Waals surface area (Å²) in [6.07, 6.45) is 2.15. The molecule has 6 nitrogen and oxygen atoms in total. The van der Waals surface area contributed by atoms with Gasteiger partial charge in [-0.25, -0.2) is 0 Å². The summed E-state index contributed by atoms with van der Waals surface area (Å²) >= 11 is 0. The molecule has 20 heavy (non-hydrogen) atoms. The number of nitrogens with one attached hydrogen (secondary N) is 1. The van der Waals surface area contributed by atoms with Crippen LogP contribution in [-0.2, 0) is 16.1 Å². The predicted octanol–water partition coefficient (Wildman–Crippen LogP) is 1.74. The van der Waals surface area contributed by atoms with Crippen LogP contribution in [-0.4, -0.2) is 22.1 Å². The lowest BCUT2D eigenvalue weighted by Gasteiger charge is -2.14.